The van der Waals surface area contributed by atoms with Crippen LogP contribution in [0.5, 0.6) is 11.5 Å². The summed E-state index contributed by atoms with van der Waals surface area (Å²) in [5.74, 6) is -0.752. The lowest BCUT2D eigenvalue weighted by Crippen LogP contribution is -2.11. The first-order valence-electron chi connectivity index (χ1n) is 27.2. The maximum atomic E-state index is 13.7. The molecule has 390 valence electrons. The quantitative estimate of drug-likeness (QED) is 0.112. The fourth-order valence-electron chi connectivity index (χ4n) is 11.6. The Hall–Kier alpha value is -11.2. The van der Waals surface area contributed by atoms with Crippen molar-refractivity contribution in [1.29, 1.82) is 0 Å². The fraction of sp³-hybridized carbons (Fsp3) is 0. The van der Waals surface area contributed by atoms with Crippen molar-refractivity contribution in [3.8, 4) is 34.0 Å². The number of fused-ring (bicyclic) bond motifs is 6. The second-order valence-electron chi connectivity index (χ2n) is 20.3. The fourth-order valence-corrected chi connectivity index (χ4v) is 11.6. The molecule has 2 aromatic heterocycles. The summed E-state index contributed by atoms with van der Waals surface area (Å²) in [5.41, 5.74) is 14.6. The van der Waals surface area contributed by atoms with Gasteiger partial charge in [-0.25, -0.2) is 0 Å². The summed E-state index contributed by atoms with van der Waals surface area (Å²) in [6, 6.07) is 95.7. The van der Waals surface area contributed by atoms with Crippen LogP contribution in [-0.4, -0.2) is 30.9 Å². The van der Waals surface area contributed by atoms with Gasteiger partial charge in [0.05, 0.1) is 33.2 Å². The molecule has 0 atom stereocenters. The number of carbonyl (C=O) groups excluding carboxylic acids is 2. The number of aromatic hydroxyl groups is 2. The molecule has 12 aromatic carbocycles. The SMILES string of the molecule is O=C(c1ccccc1)c1ccc(N(c2ccc(-c3ccc(N(c4ccc(C(=O)c5ccccc5)c(O)c4)c4ccc5c(c4)c4ccccc4n5-c4ccccc4)cc3)cc2)c2ccc3c(c2)c2ccccc2n3-c2ccccc2)cc1O. The molecule has 14 rings (SSSR count). The predicted octanol–water partition coefficient (Wildman–Crippen LogP) is 18.4. The van der Waals surface area contributed by atoms with E-state index in [-0.39, 0.29) is 34.2 Å². The molecule has 0 amide bonds. The molecular formula is C74H50N4O4. The van der Waals surface area contributed by atoms with Gasteiger partial charge in [-0.05, 0) is 132 Å². The third-order valence-electron chi connectivity index (χ3n) is 15.5. The van der Waals surface area contributed by atoms with Crippen LogP contribution in [0.4, 0.5) is 34.1 Å². The Morgan fingerprint density at radius 2 is 0.585 bits per heavy atom. The van der Waals surface area contributed by atoms with E-state index in [1.807, 2.05) is 60.7 Å². The predicted molar refractivity (Wildman–Crippen MR) is 333 cm³/mol. The molecule has 0 bridgehead atoms. The zero-order chi connectivity index (χ0) is 55.3. The van der Waals surface area contributed by atoms with Gasteiger partial charge in [0.2, 0.25) is 0 Å². The summed E-state index contributed by atoms with van der Waals surface area (Å²) in [7, 11) is 0. The Kier molecular flexibility index (Phi) is 12.3. The number of carbonyl (C=O) groups is 2. The van der Waals surface area contributed by atoms with Gasteiger partial charge >= 0.3 is 0 Å². The first-order chi connectivity index (χ1) is 40.3. The number of hydrogen-bond acceptors (Lipinski definition) is 6. The number of benzene rings is 12. The summed E-state index contributed by atoms with van der Waals surface area (Å²) in [5, 5.41) is 27.7. The van der Waals surface area contributed by atoms with E-state index in [9.17, 15) is 19.8 Å². The molecule has 0 spiro atoms. The van der Waals surface area contributed by atoms with Crippen molar-refractivity contribution in [2.75, 3.05) is 9.80 Å². The third-order valence-corrected chi connectivity index (χ3v) is 15.5. The molecule has 2 N–H and O–H groups in total. The van der Waals surface area contributed by atoms with Gasteiger partial charge < -0.3 is 29.1 Å². The van der Waals surface area contributed by atoms with Crippen LogP contribution < -0.4 is 9.80 Å². The Morgan fingerprint density at radius 1 is 0.280 bits per heavy atom. The lowest BCUT2D eigenvalue weighted by atomic mass is 10.0. The highest BCUT2D eigenvalue weighted by atomic mass is 16.3. The van der Waals surface area contributed by atoms with Crippen LogP contribution in [0.15, 0.2) is 291 Å². The molecule has 0 aliphatic carbocycles. The number of hydrogen-bond donors (Lipinski definition) is 2. The van der Waals surface area contributed by atoms with E-state index >= 15 is 0 Å². The summed E-state index contributed by atoms with van der Waals surface area (Å²) >= 11 is 0. The van der Waals surface area contributed by atoms with E-state index in [1.54, 1.807) is 48.5 Å². The average Bonchev–Trinajstić information content (AvgIpc) is 4.28. The summed E-state index contributed by atoms with van der Waals surface area (Å²) < 4.78 is 4.57. The van der Waals surface area contributed by atoms with E-state index in [0.717, 1.165) is 88.9 Å². The molecule has 0 saturated carbocycles. The first kappa shape index (κ1) is 49.1. The molecule has 0 radical (unpaired) electrons. The number of rotatable bonds is 13. The zero-order valence-corrected chi connectivity index (χ0v) is 44.2. The maximum Gasteiger partial charge on any atom is 0.196 e. The minimum Gasteiger partial charge on any atom is -0.507 e. The molecule has 0 aliphatic rings. The van der Waals surface area contributed by atoms with Crippen LogP contribution in [0.1, 0.15) is 31.8 Å². The van der Waals surface area contributed by atoms with Gasteiger partial charge in [0, 0.05) is 90.3 Å². The van der Waals surface area contributed by atoms with E-state index in [2.05, 4.69) is 201 Å². The smallest absolute Gasteiger partial charge is 0.196 e. The van der Waals surface area contributed by atoms with Crippen LogP contribution in [-0.2, 0) is 0 Å². The zero-order valence-electron chi connectivity index (χ0n) is 44.2. The monoisotopic (exact) mass is 1060 g/mol. The van der Waals surface area contributed by atoms with Crippen molar-refractivity contribution in [3.05, 3.63) is 313 Å². The number of anilines is 6. The summed E-state index contributed by atoms with van der Waals surface area (Å²) in [4.78, 5) is 31.6. The van der Waals surface area contributed by atoms with Crippen molar-refractivity contribution in [1.82, 2.24) is 9.13 Å². The average molecular weight is 1060 g/mol. The molecule has 2 heterocycles. The van der Waals surface area contributed by atoms with Crippen molar-refractivity contribution >= 4 is 89.3 Å². The van der Waals surface area contributed by atoms with Gasteiger partial charge in [0.1, 0.15) is 11.5 Å². The molecule has 14 aromatic rings. The number of ketones is 2. The lowest BCUT2D eigenvalue weighted by molar-refractivity contribution is 0.102. The van der Waals surface area contributed by atoms with E-state index in [1.165, 1.54) is 0 Å². The normalized spacial score (nSPS) is 11.4. The van der Waals surface area contributed by atoms with Gasteiger partial charge in [-0.3, -0.25) is 9.59 Å². The van der Waals surface area contributed by atoms with Crippen LogP contribution >= 0.6 is 0 Å². The van der Waals surface area contributed by atoms with Crippen molar-refractivity contribution in [2.45, 2.75) is 0 Å². The number of para-hydroxylation sites is 4. The second kappa shape index (κ2) is 20.5. The number of phenols is 2. The molecule has 0 saturated heterocycles. The number of nitrogens with zero attached hydrogens (tertiary/aromatic N) is 4. The van der Waals surface area contributed by atoms with Crippen molar-refractivity contribution < 1.29 is 19.8 Å². The van der Waals surface area contributed by atoms with Crippen LogP contribution in [0.3, 0.4) is 0 Å². The highest BCUT2D eigenvalue weighted by molar-refractivity contribution is 6.14. The lowest BCUT2D eigenvalue weighted by Gasteiger charge is -2.27. The van der Waals surface area contributed by atoms with Crippen molar-refractivity contribution in [3.63, 3.8) is 0 Å². The first-order valence-corrected chi connectivity index (χ1v) is 27.2. The van der Waals surface area contributed by atoms with E-state index < -0.39 is 0 Å². The van der Waals surface area contributed by atoms with Crippen LogP contribution in [0.25, 0.3) is 66.1 Å². The second-order valence-corrected chi connectivity index (χ2v) is 20.3. The van der Waals surface area contributed by atoms with E-state index in [0.29, 0.717) is 22.5 Å². The largest absolute Gasteiger partial charge is 0.507 e. The Balaban J connectivity index is 0.852. The van der Waals surface area contributed by atoms with Gasteiger partial charge in [0.25, 0.3) is 0 Å². The Labute approximate surface area is 473 Å². The van der Waals surface area contributed by atoms with E-state index in [4.69, 9.17) is 0 Å². The molecular weight excluding hydrogens is 1010 g/mol. The standard InChI is InChI=1S/C74H50N4O4/c79-71-47-59(37-41-63(71)73(81)51-17-5-1-6-18-51)75(57-39-43-69-65(45-57)61-25-13-15-27-67(61)77(69)53-21-9-3-10-22-53)55-33-29-49(30-34-55)50-31-35-56(36-32-50)76(60-38-42-64(72(80)48-60)74(82)52-19-7-2-8-20-52)58-40-44-70-66(46-58)62-26-14-16-28-68(62)78(70)54-23-11-4-12-24-54/h1-48,79-80H. The minimum atomic E-state index is -0.260. The highest BCUT2D eigenvalue weighted by Gasteiger charge is 2.23. The molecule has 0 fully saturated rings. The topological polar surface area (TPSA) is 90.9 Å². The Bertz CT molecular complexity index is 4430. The van der Waals surface area contributed by atoms with Gasteiger partial charge in [0.15, 0.2) is 11.6 Å². The summed E-state index contributed by atoms with van der Waals surface area (Å²) in [6.07, 6.45) is 0. The maximum absolute atomic E-state index is 13.7. The summed E-state index contributed by atoms with van der Waals surface area (Å²) in [6.45, 7) is 0. The van der Waals surface area contributed by atoms with Gasteiger partial charge in [-0.15, -0.1) is 0 Å². The molecule has 82 heavy (non-hydrogen) atoms. The molecule has 0 aliphatic heterocycles. The molecule has 8 heteroatoms. The molecule has 8 nitrogen and oxygen atoms in total. The van der Waals surface area contributed by atoms with Gasteiger partial charge in [-0.2, -0.15) is 0 Å². The van der Waals surface area contributed by atoms with Crippen LogP contribution in [0.2, 0.25) is 0 Å². The van der Waals surface area contributed by atoms with Crippen molar-refractivity contribution in [2.24, 2.45) is 0 Å². The van der Waals surface area contributed by atoms with Gasteiger partial charge in [-0.1, -0.05) is 158 Å². The van der Waals surface area contributed by atoms with Crippen LogP contribution in [0, 0.1) is 0 Å². The third kappa shape index (κ3) is 8.68. The number of phenolic OH excluding ortho intramolecular Hbond substituents is 2. The number of aromatic nitrogens is 2. The molecule has 0 unspecified atom stereocenters. The Morgan fingerprint density at radius 3 is 0.963 bits per heavy atom. The highest BCUT2D eigenvalue weighted by Crippen LogP contribution is 2.44. The minimum absolute atomic E-state index is 0.116.